The normalized spacial score (nSPS) is 13.6. The summed E-state index contributed by atoms with van der Waals surface area (Å²) in [5, 5.41) is 13.3. The summed E-state index contributed by atoms with van der Waals surface area (Å²) in [6, 6.07) is 17.5. The Morgan fingerprint density at radius 3 is 2.38 bits per heavy atom. The van der Waals surface area contributed by atoms with Crippen LogP contribution in [0.3, 0.4) is 0 Å². The number of ketones is 1. The van der Waals surface area contributed by atoms with Gasteiger partial charge in [0, 0.05) is 24.6 Å². The first-order chi connectivity index (χ1) is 12.5. The molecular weight excluding hydrogens is 326 g/mol. The topological polar surface area (TPSA) is 58.6 Å². The predicted molar refractivity (Wildman–Crippen MR) is 105 cm³/mol. The van der Waals surface area contributed by atoms with Crippen molar-refractivity contribution in [2.45, 2.75) is 45.4 Å². The second-order valence-corrected chi connectivity index (χ2v) is 6.90. The summed E-state index contributed by atoms with van der Waals surface area (Å²) in [6.45, 7) is 6.63. The number of aliphatic hydroxyl groups excluding tert-OH is 1. The summed E-state index contributed by atoms with van der Waals surface area (Å²) < 4.78 is 5.87. The first kappa shape index (κ1) is 20.3. The largest absolute Gasteiger partial charge is 0.389 e. The van der Waals surface area contributed by atoms with E-state index in [0.717, 1.165) is 11.1 Å². The number of carbonyl (C=O) groups is 1. The van der Waals surface area contributed by atoms with Gasteiger partial charge in [0.05, 0.1) is 12.7 Å². The van der Waals surface area contributed by atoms with Gasteiger partial charge in [0.1, 0.15) is 6.10 Å². The maximum atomic E-state index is 12.9. The summed E-state index contributed by atoms with van der Waals surface area (Å²) in [5.41, 5.74) is 2.83. The molecular formula is C22H29NO3. The Morgan fingerprint density at radius 1 is 1.08 bits per heavy atom. The van der Waals surface area contributed by atoms with Crippen LogP contribution in [0.2, 0.25) is 0 Å². The van der Waals surface area contributed by atoms with E-state index in [9.17, 15) is 9.90 Å². The Kier molecular flexibility index (Phi) is 7.98. The second kappa shape index (κ2) is 10.2. The van der Waals surface area contributed by atoms with Crippen LogP contribution in [-0.4, -0.2) is 42.3 Å². The van der Waals surface area contributed by atoms with Gasteiger partial charge in [0.2, 0.25) is 0 Å². The lowest BCUT2D eigenvalue weighted by molar-refractivity contribution is -0.00220. The van der Waals surface area contributed by atoms with Gasteiger partial charge in [0.15, 0.2) is 5.78 Å². The Bertz CT molecular complexity index is 685. The van der Waals surface area contributed by atoms with Crippen LogP contribution in [0.25, 0.3) is 0 Å². The van der Waals surface area contributed by atoms with E-state index in [1.807, 2.05) is 63.2 Å². The first-order valence-electron chi connectivity index (χ1n) is 9.14. The average molecular weight is 355 g/mol. The Balaban J connectivity index is 2.08. The van der Waals surface area contributed by atoms with Crippen LogP contribution in [0.15, 0.2) is 54.6 Å². The zero-order valence-electron chi connectivity index (χ0n) is 15.8. The van der Waals surface area contributed by atoms with Gasteiger partial charge in [-0.05, 0) is 18.1 Å². The lowest BCUT2D eigenvalue weighted by Gasteiger charge is -2.21. The van der Waals surface area contributed by atoms with Crippen molar-refractivity contribution in [3.8, 4) is 0 Å². The third-order valence-corrected chi connectivity index (χ3v) is 4.27. The molecule has 2 unspecified atom stereocenters. The fourth-order valence-electron chi connectivity index (χ4n) is 2.71. The van der Waals surface area contributed by atoms with Gasteiger partial charge >= 0.3 is 0 Å². The first-order valence-corrected chi connectivity index (χ1v) is 9.14. The molecule has 0 bridgehead atoms. The number of nitrogens with one attached hydrogen (secondary N) is 1. The molecule has 26 heavy (non-hydrogen) atoms. The maximum Gasteiger partial charge on any atom is 0.191 e. The Morgan fingerprint density at radius 2 is 1.73 bits per heavy atom. The van der Waals surface area contributed by atoms with Gasteiger partial charge in [0.25, 0.3) is 0 Å². The van der Waals surface area contributed by atoms with Crippen LogP contribution in [0.5, 0.6) is 0 Å². The van der Waals surface area contributed by atoms with E-state index in [-0.39, 0.29) is 12.4 Å². The molecule has 0 heterocycles. The van der Waals surface area contributed by atoms with E-state index in [1.165, 1.54) is 0 Å². The Labute approximate surface area is 156 Å². The van der Waals surface area contributed by atoms with Gasteiger partial charge in [-0.25, -0.2) is 0 Å². The van der Waals surface area contributed by atoms with Crippen molar-refractivity contribution in [3.63, 3.8) is 0 Å². The van der Waals surface area contributed by atoms with Crippen LogP contribution >= 0.6 is 0 Å². The quantitative estimate of drug-likeness (QED) is 0.643. The number of rotatable bonds is 10. The van der Waals surface area contributed by atoms with Crippen molar-refractivity contribution < 1.29 is 14.6 Å². The highest BCUT2D eigenvalue weighted by Gasteiger charge is 2.23. The number of carbonyl (C=O) groups excluding carboxylic acids is 1. The number of aryl methyl sites for hydroxylation is 1. The number of ether oxygens (including phenoxy) is 1. The minimum Gasteiger partial charge on any atom is -0.389 e. The molecule has 2 aromatic carbocycles. The number of hydrogen-bond acceptors (Lipinski definition) is 4. The number of hydrogen-bond donors (Lipinski definition) is 2. The van der Waals surface area contributed by atoms with Crippen molar-refractivity contribution in [2.24, 2.45) is 0 Å². The van der Waals surface area contributed by atoms with Gasteiger partial charge < -0.3 is 15.2 Å². The molecule has 0 saturated carbocycles. The van der Waals surface area contributed by atoms with Crippen molar-refractivity contribution in [2.75, 3.05) is 13.2 Å². The van der Waals surface area contributed by atoms with Crippen molar-refractivity contribution in [3.05, 3.63) is 71.3 Å². The lowest BCUT2D eigenvalue weighted by atomic mass is 9.97. The summed E-state index contributed by atoms with van der Waals surface area (Å²) in [6.07, 6.45) is -0.780. The van der Waals surface area contributed by atoms with Crippen LogP contribution < -0.4 is 5.32 Å². The van der Waals surface area contributed by atoms with Gasteiger partial charge in [-0.15, -0.1) is 0 Å². The molecule has 2 atom stereocenters. The average Bonchev–Trinajstić information content (AvgIpc) is 2.65. The zero-order chi connectivity index (χ0) is 18.9. The van der Waals surface area contributed by atoms with Crippen molar-refractivity contribution >= 4 is 5.78 Å². The van der Waals surface area contributed by atoms with Gasteiger partial charge in [-0.3, -0.25) is 4.79 Å². The van der Waals surface area contributed by atoms with E-state index in [1.54, 1.807) is 12.1 Å². The molecule has 0 aliphatic rings. The highest BCUT2D eigenvalue weighted by atomic mass is 16.5. The second-order valence-electron chi connectivity index (χ2n) is 6.90. The molecule has 4 nitrogen and oxygen atoms in total. The highest BCUT2D eigenvalue weighted by Crippen LogP contribution is 2.16. The van der Waals surface area contributed by atoms with E-state index in [2.05, 4.69) is 5.32 Å². The molecule has 0 saturated heterocycles. The minimum absolute atomic E-state index is 0.0575. The van der Waals surface area contributed by atoms with Crippen LogP contribution in [-0.2, 0) is 11.2 Å². The molecule has 140 valence electrons. The summed E-state index contributed by atoms with van der Waals surface area (Å²) in [7, 11) is 0. The predicted octanol–water partition coefficient (Wildman–Crippen LogP) is 3.16. The molecule has 0 fully saturated rings. The van der Waals surface area contributed by atoms with Gasteiger partial charge in [-0.1, -0.05) is 68.4 Å². The smallest absolute Gasteiger partial charge is 0.191 e. The summed E-state index contributed by atoms with van der Waals surface area (Å²) in [4.78, 5) is 12.9. The fourth-order valence-corrected chi connectivity index (χ4v) is 2.71. The molecule has 0 amide bonds. The molecule has 0 aliphatic heterocycles. The van der Waals surface area contributed by atoms with E-state index >= 15 is 0 Å². The van der Waals surface area contributed by atoms with Crippen molar-refractivity contribution in [1.82, 2.24) is 5.32 Å². The molecule has 2 N–H and O–H groups in total. The monoisotopic (exact) mass is 355 g/mol. The standard InChI is InChI=1S/C22H29NO3/c1-16(2)23-14-20(24)15-26-21(13-19-12-8-7-9-17(19)3)22(25)18-10-5-4-6-11-18/h4-12,16,20-21,23-24H,13-15H2,1-3H3. The number of benzene rings is 2. The van der Waals surface area contributed by atoms with E-state index < -0.39 is 12.2 Å². The summed E-state index contributed by atoms with van der Waals surface area (Å²) in [5.74, 6) is -0.0575. The molecule has 0 radical (unpaired) electrons. The zero-order valence-corrected chi connectivity index (χ0v) is 15.8. The molecule has 0 aliphatic carbocycles. The fraction of sp³-hybridized carbons (Fsp3) is 0.409. The maximum absolute atomic E-state index is 12.9. The third kappa shape index (κ3) is 6.37. The Hall–Kier alpha value is -2.01. The van der Waals surface area contributed by atoms with Crippen LogP contribution in [0.4, 0.5) is 0 Å². The molecule has 0 aromatic heterocycles. The lowest BCUT2D eigenvalue weighted by Crippen LogP contribution is -2.37. The minimum atomic E-state index is -0.652. The molecule has 2 aromatic rings. The van der Waals surface area contributed by atoms with Crippen LogP contribution in [0, 0.1) is 6.92 Å². The number of aliphatic hydroxyl groups is 1. The highest BCUT2D eigenvalue weighted by molar-refractivity contribution is 5.99. The number of Topliss-reactive ketones (excluding diaryl/α,β-unsaturated/α-hetero) is 1. The van der Waals surface area contributed by atoms with Crippen molar-refractivity contribution in [1.29, 1.82) is 0 Å². The van der Waals surface area contributed by atoms with E-state index in [4.69, 9.17) is 4.74 Å². The van der Waals surface area contributed by atoms with Gasteiger partial charge in [-0.2, -0.15) is 0 Å². The molecule has 0 spiro atoms. The molecule has 2 rings (SSSR count). The third-order valence-electron chi connectivity index (χ3n) is 4.27. The van der Waals surface area contributed by atoms with Crippen LogP contribution in [0.1, 0.15) is 35.3 Å². The molecule has 4 heteroatoms. The van der Waals surface area contributed by atoms with E-state index in [0.29, 0.717) is 24.6 Å². The summed E-state index contributed by atoms with van der Waals surface area (Å²) >= 11 is 0. The SMILES string of the molecule is Cc1ccccc1CC(OCC(O)CNC(C)C)C(=O)c1ccccc1.